The number of aliphatic carboxylic acids is 1. The van der Waals surface area contributed by atoms with Crippen LogP contribution < -0.4 is 10.4 Å². The number of fused-ring (bicyclic) bond motifs is 1. The Hall–Kier alpha value is -3.69. The molecule has 0 saturated carbocycles. The molecule has 0 aliphatic carbocycles. The van der Waals surface area contributed by atoms with Gasteiger partial charge in [0.15, 0.2) is 0 Å². The molecule has 35 heavy (non-hydrogen) atoms. The second-order valence-corrected chi connectivity index (χ2v) is 10.2. The number of carboxylic acid groups (broad SMARTS) is 1. The van der Waals surface area contributed by atoms with Crippen LogP contribution in [0.3, 0.4) is 0 Å². The van der Waals surface area contributed by atoms with Crippen molar-refractivity contribution in [3.05, 3.63) is 29.5 Å². The minimum Gasteiger partial charge on any atom is -0.481 e. The van der Waals surface area contributed by atoms with Gasteiger partial charge in [0.2, 0.25) is 5.91 Å². The quantitative estimate of drug-likeness (QED) is 0.333. The van der Waals surface area contributed by atoms with Crippen LogP contribution in [0.25, 0.3) is 5.57 Å². The minimum absolute atomic E-state index is 0.0746. The van der Waals surface area contributed by atoms with Crippen LogP contribution in [0.15, 0.2) is 24.0 Å². The molecule has 2 amide bonds. The lowest BCUT2D eigenvalue weighted by Gasteiger charge is -2.22. The molecule has 10 heteroatoms. The van der Waals surface area contributed by atoms with Crippen LogP contribution in [0.5, 0.6) is 0 Å². The first-order valence-electron chi connectivity index (χ1n) is 11.2. The number of nitrogens with one attached hydrogen (secondary N) is 1. The smallest absolute Gasteiger partial charge is 0.338 e. The summed E-state index contributed by atoms with van der Waals surface area (Å²) in [6, 6.07) is 4.51. The highest BCUT2D eigenvalue weighted by atomic mass is 16.7. The maximum atomic E-state index is 13.4. The van der Waals surface area contributed by atoms with E-state index < -0.39 is 40.6 Å². The first-order valence-corrected chi connectivity index (χ1v) is 11.2. The van der Waals surface area contributed by atoms with Crippen LogP contribution in [0.2, 0.25) is 0 Å². The highest BCUT2D eigenvalue weighted by Crippen LogP contribution is 2.42. The molecule has 0 fully saturated rings. The highest BCUT2D eigenvalue weighted by Gasteiger charge is 2.41. The second-order valence-electron chi connectivity index (χ2n) is 10.2. The molecule has 1 heterocycles. The van der Waals surface area contributed by atoms with E-state index in [0.717, 1.165) is 5.06 Å². The number of carbonyl (C=O) groups excluding carboxylic acids is 4. The van der Waals surface area contributed by atoms with Gasteiger partial charge in [-0.3, -0.25) is 19.2 Å². The summed E-state index contributed by atoms with van der Waals surface area (Å²) >= 11 is 0. The molecule has 1 aromatic rings. The van der Waals surface area contributed by atoms with Crippen LogP contribution >= 0.6 is 0 Å². The Morgan fingerprint density at radius 1 is 0.971 bits per heavy atom. The summed E-state index contributed by atoms with van der Waals surface area (Å²) in [6.07, 6.45) is -0.352. The number of hydroxylamine groups is 1. The molecule has 190 valence electrons. The number of esters is 1. The maximum absolute atomic E-state index is 13.4. The summed E-state index contributed by atoms with van der Waals surface area (Å²) in [6.45, 7) is 11.7. The van der Waals surface area contributed by atoms with Crippen molar-refractivity contribution in [2.24, 2.45) is 10.8 Å². The van der Waals surface area contributed by atoms with Crippen LogP contribution in [0, 0.1) is 10.8 Å². The van der Waals surface area contributed by atoms with Crippen molar-refractivity contribution < 1.29 is 38.7 Å². The molecule has 0 aromatic heterocycles. The SMILES string of the molecule is CC/C(OC(=O)C(C)(C)C)=C1/C(=O)N(OC(=O)C(C)(C)C)c2cc(NC(=O)CCC(=O)O)ccc21. The molecular formula is C25H32N2O8. The molecular weight excluding hydrogens is 456 g/mol. The third-order valence-electron chi connectivity index (χ3n) is 4.95. The summed E-state index contributed by atoms with van der Waals surface area (Å²) < 4.78 is 5.57. The number of anilines is 2. The van der Waals surface area contributed by atoms with Gasteiger partial charge in [0, 0.05) is 24.1 Å². The lowest BCUT2D eigenvalue weighted by atomic mass is 9.97. The summed E-state index contributed by atoms with van der Waals surface area (Å²) in [5.41, 5.74) is -0.842. The average Bonchev–Trinajstić information content (AvgIpc) is 3.00. The molecule has 2 rings (SSSR count). The van der Waals surface area contributed by atoms with E-state index in [-0.39, 0.29) is 42.0 Å². The van der Waals surface area contributed by atoms with Gasteiger partial charge < -0.3 is 20.0 Å². The number of allylic oxidation sites excluding steroid dienone is 1. The molecule has 10 nitrogen and oxygen atoms in total. The third kappa shape index (κ3) is 6.68. The summed E-state index contributed by atoms with van der Waals surface area (Å²) in [5.74, 6) is -3.39. The molecule has 0 spiro atoms. The number of rotatable bonds is 7. The van der Waals surface area contributed by atoms with E-state index in [1.807, 2.05) is 0 Å². The van der Waals surface area contributed by atoms with E-state index in [1.54, 1.807) is 54.5 Å². The van der Waals surface area contributed by atoms with Crippen molar-refractivity contribution >= 4 is 46.7 Å². The standard InChI is InChI=1S/C25H32N2O8/c1-8-17(34-22(32)24(2,3)4)20-15-10-9-14(26-18(28)11-12-19(29)30)13-16(15)27(21(20)31)35-23(33)25(5,6)7/h9-10,13H,8,11-12H2,1-7H3,(H,26,28)(H,29,30)/b20-17-. The Morgan fingerprint density at radius 3 is 2.09 bits per heavy atom. The van der Waals surface area contributed by atoms with Crippen molar-refractivity contribution in [3.8, 4) is 0 Å². The number of ether oxygens (including phenoxy) is 1. The van der Waals surface area contributed by atoms with Gasteiger partial charge in [-0.15, -0.1) is 5.06 Å². The van der Waals surface area contributed by atoms with Crippen molar-refractivity contribution in [2.45, 2.75) is 67.7 Å². The molecule has 2 N–H and O–H groups in total. The number of carbonyl (C=O) groups is 5. The number of amides is 2. The number of hydrogen-bond donors (Lipinski definition) is 2. The Morgan fingerprint density at radius 2 is 1.57 bits per heavy atom. The topological polar surface area (TPSA) is 139 Å². The normalized spacial score (nSPS) is 14.8. The fourth-order valence-electron chi connectivity index (χ4n) is 2.90. The predicted octanol–water partition coefficient (Wildman–Crippen LogP) is 4.05. The van der Waals surface area contributed by atoms with E-state index in [4.69, 9.17) is 14.7 Å². The summed E-state index contributed by atoms with van der Waals surface area (Å²) in [4.78, 5) is 66.8. The zero-order valence-electron chi connectivity index (χ0n) is 21.1. The molecule has 1 aliphatic heterocycles. The third-order valence-corrected chi connectivity index (χ3v) is 4.95. The molecule has 0 unspecified atom stereocenters. The molecule has 0 saturated heterocycles. The molecule has 1 aromatic carbocycles. The monoisotopic (exact) mass is 488 g/mol. The summed E-state index contributed by atoms with van der Waals surface area (Å²) in [5, 5.41) is 12.2. The van der Waals surface area contributed by atoms with Gasteiger partial charge in [0.1, 0.15) is 5.76 Å². The van der Waals surface area contributed by atoms with E-state index in [9.17, 15) is 24.0 Å². The van der Waals surface area contributed by atoms with Crippen LogP contribution in [-0.4, -0.2) is 34.8 Å². The van der Waals surface area contributed by atoms with Crippen molar-refractivity contribution in [1.82, 2.24) is 0 Å². The van der Waals surface area contributed by atoms with Gasteiger partial charge in [0.05, 0.1) is 28.5 Å². The molecule has 0 radical (unpaired) electrons. The molecule has 0 bridgehead atoms. The number of hydrogen-bond acceptors (Lipinski definition) is 7. The Kier molecular flexibility index (Phi) is 8.10. The second kappa shape index (κ2) is 10.3. The number of nitrogens with zero attached hydrogens (tertiary/aromatic N) is 1. The first-order chi connectivity index (χ1) is 16.1. The lowest BCUT2D eigenvalue weighted by molar-refractivity contribution is -0.157. The van der Waals surface area contributed by atoms with Crippen LogP contribution in [0.4, 0.5) is 11.4 Å². The van der Waals surface area contributed by atoms with E-state index in [2.05, 4.69) is 5.32 Å². The van der Waals surface area contributed by atoms with Crippen molar-refractivity contribution in [2.75, 3.05) is 10.4 Å². The number of benzene rings is 1. The van der Waals surface area contributed by atoms with E-state index in [1.165, 1.54) is 12.1 Å². The van der Waals surface area contributed by atoms with Gasteiger partial charge in [-0.2, -0.15) is 0 Å². The number of carboxylic acids is 1. The Balaban J connectivity index is 2.55. The predicted molar refractivity (Wildman–Crippen MR) is 128 cm³/mol. The Labute approximate surface area is 204 Å². The fourth-order valence-corrected chi connectivity index (χ4v) is 2.90. The fraction of sp³-hybridized carbons (Fsp3) is 0.480. The summed E-state index contributed by atoms with van der Waals surface area (Å²) in [7, 11) is 0. The largest absolute Gasteiger partial charge is 0.481 e. The van der Waals surface area contributed by atoms with Crippen molar-refractivity contribution in [3.63, 3.8) is 0 Å². The van der Waals surface area contributed by atoms with Crippen LogP contribution in [0.1, 0.15) is 73.3 Å². The maximum Gasteiger partial charge on any atom is 0.338 e. The highest BCUT2D eigenvalue weighted by molar-refractivity contribution is 6.33. The lowest BCUT2D eigenvalue weighted by Crippen LogP contribution is -2.35. The molecule has 1 aliphatic rings. The van der Waals surface area contributed by atoms with E-state index in [0.29, 0.717) is 5.56 Å². The van der Waals surface area contributed by atoms with Gasteiger partial charge >= 0.3 is 17.9 Å². The van der Waals surface area contributed by atoms with Crippen molar-refractivity contribution in [1.29, 1.82) is 0 Å². The van der Waals surface area contributed by atoms with Gasteiger partial charge in [-0.1, -0.05) is 6.92 Å². The zero-order chi connectivity index (χ0) is 26.7. The molecule has 0 atom stereocenters. The first kappa shape index (κ1) is 27.6. The van der Waals surface area contributed by atoms with E-state index >= 15 is 0 Å². The van der Waals surface area contributed by atoms with Gasteiger partial charge in [0.25, 0.3) is 5.91 Å². The minimum atomic E-state index is -1.10. The van der Waals surface area contributed by atoms with Gasteiger partial charge in [-0.05, 0) is 59.7 Å². The average molecular weight is 489 g/mol. The Bertz CT molecular complexity index is 1090. The zero-order valence-corrected chi connectivity index (χ0v) is 21.1. The van der Waals surface area contributed by atoms with Crippen LogP contribution in [-0.2, 0) is 33.5 Å². The van der Waals surface area contributed by atoms with Gasteiger partial charge in [-0.25, -0.2) is 4.79 Å².